The maximum atomic E-state index is 13.5. The Hall–Kier alpha value is -3.44. The Bertz CT molecular complexity index is 1160. The highest BCUT2D eigenvalue weighted by molar-refractivity contribution is 7.53. The normalized spacial score (nSPS) is 12.2. The minimum Gasteiger partial charge on any atom is -0.347 e. The molecule has 0 bridgehead atoms. The van der Waals surface area contributed by atoms with Gasteiger partial charge < -0.3 is 9.80 Å². The van der Waals surface area contributed by atoms with Crippen LogP contribution in [0.4, 0.5) is 0 Å². The van der Waals surface area contributed by atoms with Gasteiger partial charge >= 0.3 is 7.60 Å². The van der Waals surface area contributed by atoms with Gasteiger partial charge in [-0.3, -0.25) is 28.5 Å². The molecule has 37 heavy (non-hydrogen) atoms. The van der Waals surface area contributed by atoms with Gasteiger partial charge in [0.25, 0.3) is 0 Å². The van der Waals surface area contributed by atoms with E-state index >= 15 is 0 Å². The zero-order valence-electron chi connectivity index (χ0n) is 21.3. The van der Waals surface area contributed by atoms with Gasteiger partial charge in [0.15, 0.2) is 5.82 Å². The Kier molecular flexibility index (Phi) is 10.0. The summed E-state index contributed by atoms with van der Waals surface area (Å²) in [5, 5.41) is 17.3. The standard InChI is InChI=1S/C24H32N7O5P/c1-30(2)22(32)15-35-37(34,36-16-23(33)31(3)4)17-25-21(24-26-28-29-27-24)14-18-10-12-20(13-11-18)19-8-6-5-7-9-19/h5-13,21,25H,14-17H2,1-4H3,(H,26,27,28,29). The highest BCUT2D eigenvalue weighted by Crippen LogP contribution is 2.47. The molecule has 2 N–H and O–H groups in total. The van der Waals surface area contributed by atoms with Crippen LogP contribution in [0.15, 0.2) is 54.6 Å². The number of hydrogen-bond acceptors (Lipinski definition) is 9. The van der Waals surface area contributed by atoms with E-state index in [0.717, 1.165) is 16.7 Å². The minimum atomic E-state index is -3.91. The third-order valence-corrected chi connectivity index (χ3v) is 7.09. The van der Waals surface area contributed by atoms with E-state index in [1.807, 2.05) is 54.6 Å². The number of rotatable bonds is 13. The molecular weight excluding hydrogens is 497 g/mol. The van der Waals surface area contributed by atoms with Crippen molar-refractivity contribution in [1.29, 1.82) is 0 Å². The molecule has 2 amide bonds. The van der Waals surface area contributed by atoms with Crippen molar-refractivity contribution in [3.8, 4) is 11.1 Å². The van der Waals surface area contributed by atoms with Crippen LogP contribution in [0.5, 0.6) is 0 Å². The van der Waals surface area contributed by atoms with E-state index in [-0.39, 0.29) is 6.29 Å². The van der Waals surface area contributed by atoms with Crippen molar-refractivity contribution in [1.82, 2.24) is 35.7 Å². The molecule has 0 fully saturated rings. The summed E-state index contributed by atoms with van der Waals surface area (Å²) in [6, 6.07) is 17.6. The van der Waals surface area contributed by atoms with Crippen LogP contribution in [0.25, 0.3) is 11.1 Å². The van der Waals surface area contributed by atoms with Crippen molar-refractivity contribution in [3.63, 3.8) is 0 Å². The summed E-state index contributed by atoms with van der Waals surface area (Å²) < 4.78 is 24.3. The zero-order chi connectivity index (χ0) is 26.8. The molecule has 0 radical (unpaired) electrons. The lowest BCUT2D eigenvalue weighted by Crippen LogP contribution is -2.31. The number of aromatic nitrogens is 4. The van der Waals surface area contributed by atoms with E-state index in [4.69, 9.17) is 9.05 Å². The molecular formula is C24H32N7O5P. The number of tetrazole rings is 1. The van der Waals surface area contributed by atoms with Gasteiger partial charge in [-0.15, -0.1) is 10.2 Å². The number of benzene rings is 2. The average molecular weight is 530 g/mol. The second-order valence-electron chi connectivity index (χ2n) is 8.69. The number of carbonyl (C=O) groups excluding carboxylic acids is 2. The summed E-state index contributed by atoms with van der Waals surface area (Å²) in [6.07, 6.45) is 0.164. The number of likely N-dealkylation sites (N-methyl/N-ethyl adjacent to an activating group) is 2. The van der Waals surface area contributed by atoms with E-state index in [2.05, 4.69) is 25.9 Å². The number of H-pyrrole nitrogens is 1. The molecule has 1 unspecified atom stereocenters. The summed E-state index contributed by atoms with van der Waals surface area (Å²) >= 11 is 0. The lowest BCUT2D eigenvalue weighted by Gasteiger charge is -2.23. The Balaban J connectivity index is 1.73. The van der Waals surface area contributed by atoms with Crippen LogP contribution in [0.2, 0.25) is 0 Å². The van der Waals surface area contributed by atoms with Crippen molar-refractivity contribution in [2.45, 2.75) is 12.5 Å². The summed E-state index contributed by atoms with van der Waals surface area (Å²) in [5.74, 6) is -0.431. The molecule has 12 nitrogen and oxygen atoms in total. The van der Waals surface area contributed by atoms with Crippen LogP contribution in [-0.4, -0.2) is 89.9 Å². The number of carbonyl (C=O) groups is 2. The van der Waals surface area contributed by atoms with Gasteiger partial charge in [0.1, 0.15) is 13.2 Å². The SMILES string of the molecule is CN(C)C(=O)COP(=O)(CNC(Cc1ccc(-c2ccccc2)cc1)c1nn[nH]n1)OCC(=O)N(C)C. The average Bonchev–Trinajstić information content (AvgIpc) is 3.44. The maximum absolute atomic E-state index is 13.5. The number of hydrogen-bond donors (Lipinski definition) is 2. The topological polar surface area (TPSA) is 143 Å². The first-order chi connectivity index (χ1) is 17.7. The molecule has 3 aromatic rings. The number of aromatic amines is 1. The first-order valence-electron chi connectivity index (χ1n) is 11.6. The lowest BCUT2D eigenvalue weighted by atomic mass is 10.0. The lowest BCUT2D eigenvalue weighted by molar-refractivity contribution is -0.131. The third-order valence-electron chi connectivity index (χ3n) is 5.47. The molecule has 1 heterocycles. The summed E-state index contributed by atoms with van der Waals surface area (Å²) in [5.41, 5.74) is 3.16. The Morgan fingerprint density at radius 2 is 1.49 bits per heavy atom. The molecule has 3 rings (SSSR count). The van der Waals surface area contributed by atoms with Crippen molar-refractivity contribution in [2.75, 3.05) is 47.7 Å². The second-order valence-corrected chi connectivity index (χ2v) is 10.7. The van der Waals surface area contributed by atoms with Gasteiger partial charge in [-0.2, -0.15) is 5.21 Å². The Labute approximate surface area is 215 Å². The van der Waals surface area contributed by atoms with Gasteiger partial charge in [0.2, 0.25) is 11.8 Å². The summed E-state index contributed by atoms with van der Waals surface area (Å²) in [4.78, 5) is 26.7. The second kappa shape index (κ2) is 13.2. The molecule has 13 heteroatoms. The quantitative estimate of drug-likeness (QED) is 0.318. The first kappa shape index (κ1) is 28.1. The molecule has 1 aromatic heterocycles. The molecule has 0 aliphatic carbocycles. The molecule has 0 aliphatic rings. The van der Waals surface area contributed by atoms with E-state index in [0.29, 0.717) is 12.2 Å². The first-order valence-corrected chi connectivity index (χ1v) is 13.3. The van der Waals surface area contributed by atoms with Crippen LogP contribution in [0, 0.1) is 0 Å². The monoisotopic (exact) mass is 529 g/mol. The largest absolute Gasteiger partial charge is 0.347 e. The van der Waals surface area contributed by atoms with Gasteiger partial charge in [0, 0.05) is 28.2 Å². The Morgan fingerprint density at radius 3 is 2.00 bits per heavy atom. The molecule has 198 valence electrons. The van der Waals surface area contributed by atoms with Gasteiger partial charge in [-0.25, -0.2) is 0 Å². The molecule has 0 spiro atoms. The van der Waals surface area contributed by atoms with E-state index in [1.54, 1.807) is 28.2 Å². The number of nitrogens with zero attached hydrogens (tertiary/aromatic N) is 5. The molecule has 0 saturated heterocycles. The molecule has 2 aromatic carbocycles. The Morgan fingerprint density at radius 1 is 0.919 bits per heavy atom. The predicted molar refractivity (Wildman–Crippen MR) is 137 cm³/mol. The van der Waals surface area contributed by atoms with Crippen LogP contribution in [0.3, 0.4) is 0 Å². The van der Waals surface area contributed by atoms with Gasteiger partial charge in [0.05, 0.1) is 12.3 Å². The maximum Gasteiger partial charge on any atom is 0.345 e. The van der Waals surface area contributed by atoms with Crippen molar-refractivity contribution in [3.05, 3.63) is 66.0 Å². The number of nitrogens with one attached hydrogen (secondary N) is 2. The highest BCUT2D eigenvalue weighted by Gasteiger charge is 2.30. The smallest absolute Gasteiger partial charge is 0.345 e. The summed E-state index contributed by atoms with van der Waals surface area (Å²) in [6.45, 7) is -0.925. The van der Waals surface area contributed by atoms with Crippen LogP contribution >= 0.6 is 7.60 Å². The van der Waals surface area contributed by atoms with Crippen LogP contribution < -0.4 is 5.32 Å². The molecule has 0 aliphatic heterocycles. The fourth-order valence-corrected chi connectivity index (χ4v) is 4.50. The van der Waals surface area contributed by atoms with E-state index in [1.165, 1.54) is 9.80 Å². The van der Waals surface area contributed by atoms with Crippen LogP contribution in [-0.2, 0) is 29.6 Å². The van der Waals surface area contributed by atoms with Gasteiger partial charge in [-0.05, 0) is 23.1 Å². The number of amides is 2. The fourth-order valence-electron chi connectivity index (χ4n) is 3.19. The fraction of sp³-hybridized carbons (Fsp3) is 0.375. The van der Waals surface area contributed by atoms with Gasteiger partial charge in [-0.1, -0.05) is 59.8 Å². The third kappa shape index (κ3) is 8.57. The molecule has 1 atom stereocenters. The predicted octanol–water partition coefficient (Wildman–Crippen LogP) is 2.10. The van der Waals surface area contributed by atoms with E-state index in [9.17, 15) is 14.2 Å². The van der Waals surface area contributed by atoms with Crippen molar-refractivity contribution in [2.24, 2.45) is 0 Å². The summed E-state index contributed by atoms with van der Waals surface area (Å²) in [7, 11) is 2.32. The van der Waals surface area contributed by atoms with E-state index < -0.39 is 38.7 Å². The van der Waals surface area contributed by atoms with Crippen LogP contribution in [0.1, 0.15) is 17.4 Å². The minimum absolute atomic E-state index is 0.282. The highest BCUT2D eigenvalue weighted by atomic mass is 31.2. The van der Waals surface area contributed by atoms with Crippen molar-refractivity contribution < 1.29 is 23.2 Å². The zero-order valence-corrected chi connectivity index (χ0v) is 22.2. The molecule has 0 saturated carbocycles. The van der Waals surface area contributed by atoms with Crippen molar-refractivity contribution >= 4 is 19.4 Å².